The molecular formula is C68H86Cl2N10O10S2. The summed E-state index contributed by atoms with van der Waals surface area (Å²) in [6.07, 6.45) is 11.8. The van der Waals surface area contributed by atoms with Crippen molar-refractivity contribution in [3.8, 4) is 17.6 Å². The third-order valence-corrected chi connectivity index (χ3v) is 22.7. The number of sulfonamides is 1. The zero-order valence-corrected chi connectivity index (χ0v) is 55.5. The van der Waals surface area contributed by atoms with E-state index in [9.17, 15) is 41.3 Å². The van der Waals surface area contributed by atoms with Gasteiger partial charge in [0.2, 0.25) is 5.91 Å². The van der Waals surface area contributed by atoms with Gasteiger partial charge in [0.1, 0.15) is 35.2 Å². The van der Waals surface area contributed by atoms with Gasteiger partial charge in [0.25, 0.3) is 10.0 Å². The normalized spacial score (nSPS) is 21.1. The number of piperidine rings is 3. The number of hydrogen-bond donors (Lipinski definition) is 4. The average molecular weight is 1340 g/mol. The second-order valence-electron chi connectivity index (χ2n) is 25.5. The first-order valence-corrected chi connectivity index (χ1v) is 36.8. The van der Waals surface area contributed by atoms with E-state index in [1.807, 2.05) is 12.1 Å². The minimum absolute atomic E-state index is 0.0188. The van der Waals surface area contributed by atoms with Crippen molar-refractivity contribution in [2.45, 2.75) is 143 Å². The minimum atomic E-state index is -4.13. The van der Waals surface area contributed by atoms with Crippen molar-refractivity contribution in [1.82, 2.24) is 40.3 Å². The lowest BCUT2D eigenvalue weighted by Crippen LogP contribution is -2.50. The minimum Gasteiger partial charge on any atom is -0.484 e. The summed E-state index contributed by atoms with van der Waals surface area (Å²) in [7, 11) is -8.03. The first-order valence-electron chi connectivity index (χ1n) is 32.9. The van der Waals surface area contributed by atoms with Crippen molar-refractivity contribution in [2.24, 2.45) is 11.8 Å². The second kappa shape index (κ2) is 32.3. The van der Waals surface area contributed by atoms with Crippen molar-refractivity contribution in [3.05, 3.63) is 122 Å². The lowest BCUT2D eigenvalue weighted by Gasteiger charge is -2.36. The Kier molecular flexibility index (Phi) is 24.1. The summed E-state index contributed by atoms with van der Waals surface area (Å²) >= 11 is 12.9. The van der Waals surface area contributed by atoms with E-state index in [-0.39, 0.29) is 51.5 Å². The number of nitrogens with one attached hydrogen (secondary N) is 4. The fraction of sp³-hybridized carbons (Fsp3) is 0.559. The molecule has 0 bridgehead atoms. The molecule has 0 unspecified atom stereocenters. The molecule has 4 fully saturated rings. The van der Waals surface area contributed by atoms with Crippen LogP contribution in [0.5, 0.6) is 11.5 Å². The first kappa shape index (κ1) is 68.7. The van der Waals surface area contributed by atoms with E-state index in [2.05, 4.69) is 51.2 Å². The van der Waals surface area contributed by atoms with E-state index < -0.39 is 43.5 Å². The van der Waals surface area contributed by atoms with E-state index in [4.69, 9.17) is 39.2 Å². The number of benzene rings is 4. The number of likely N-dealkylation sites (tertiary alicyclic amines) is 3. The number of carbonyl (C=O) groups excluding carboxylic acids is 4. The van der Waals surface area contributed by atoms with Gasteiger partial charge in [-0.15, -0.1) is 0 Å². The second-order valence-corrected chi connectivity index (χ2v) is 30.0. The van der Waals surface area contributed by atoms with Crippen LogP contribution in [0.1, 0.15) is 136 Å². The van der Waals surface area contributed by atoms with E-state index >= 15 is 0 Å². The molecule has 4 atom stereocenters. The van der Waals surface area contributed by atoms with Gasteiger partial charge < -0.3 is 35.2 Å². The number of ketones is 2. The average Bonchev–Trinajstić information content (AvgIpc) is 1.62. The van der Waals surface area contributed by atoms with Gasteiger partial charge in [-0.05, 0) is 231 Å². The molecule has 4 N–H and O–H groups in total. The Labute approximate surface area is 552 Å². The molecule has 10 rings (SSSR count). The van der Waals surface area contributed by atoms with Crippen LogP contribution in [0.2, 0.25) is 10.0 Å². The Hall–Kier alpha value is -6.18. The number of ether oxygens (including phenoxy) is 2. The molecule has 4 aromatic carbocycles. The Bertz CT molecular complexity index is 3330. The summed E-state index contributed by atoms with van der Waals surface area (Å²) in [6.45, 7) is 18.2. The third kappa shape index (κ3) is 18.0. The molecule has 92 heavy (non-hydrogen) atoms. The number of nitriles is 1. The van der Waals surface area contributed by atoms with Crippen LogP contribution in [0, 0.1) is 29.7 Å². The molecule has 2 aliphatic carbocycles. The van der Waals surface area contributed by atoms with Crippen LogP contribution >= 0.6 is 23.2 Å². The number of hydrogen-bond acceptors (Lipinski definition) is 16. The number of piperazine rings is 1. The largest absolute Gasteiger partial charge is 0.484 e. The number of halogens is 2. The van der Waals surface area contributed by atoms with Crippen LogP contribution in [0.3, 0.4) is 0 Å². The molecule has 0 radical (unpaired) electrons. The summed E-state index contributed by atoms with van der Waals surface area (Å²) < 4.78 is 69.3. The topological polar surface area (TPSA) is 244 Å². The van der Waals surface area contributed by atoms with Crippen LogP contribution in [0.15, 0.2) is 82.6 Å². The summed E-state index contributed by atoms with van der Waals surface area (Å²) in [5, 5.41) is 20.0. The molecule has 0 spiro atoms. The quantitative estimate of drug-likeness (QED) is 0.0306. The fourth-order valence-corrected chi connectivity index (χ4v) is 17.0. The highest BCUT2D eigenvalue weighted by atomic mass is 35.5. The van der Waals surface area contributed by atoms with Crippen molar-refractivity contribution < 1.29 is 45.5 Å². The number of unbranched alkanes of at least 4 members (excludes halogenated alkanes) is 3. The Morgan fingerprint density at radius 2 is 1.16 bits per heavy atom. The van der Waals surface area contributed by atoms with Gasteiger partial charge in [-0.1, -0.05) is 36.0 Å². The van der Waals surface area contributed by atoms with Crippen LogP contribution in [-0.2, 0) is 47.1 Å². The predicted octanol–water partition coefficient (Wildman–Crippen LogP) is 9.16. The van der Waals surface area contributed by atoms with Crippen LogP contribution < -0.4 is 30.1 Å². The molecule has 4 saturated heterocycles. The summed E-state index contributed by atoms with van der Waals surface area (Å²) in [6, 6.07) is 21.5. The van der Waals surface area contributed by atoms with Crippen molar-refractivity contribution in [1.29, 1.82) is 5.26 Å². The molecular weight excluding hydrogens is 1250 g/mol. The molecule has 0 saturated carbocycles. The number of fused-ring (bicyclic) bond motifs is 2. The van der Waals surface area contributed by atoms with Crippen LogP contribution in [0.4, 0.5) is 10.5 Å². The maximum atomic E-state index is 13.5. The molecule has 494 valence electrons. The lowest BCUT2D eigenvalue weighted by atomic mass is 9.93. The highest BCUT2D eigenvalue weighted by molar-refractivity contribution is 7.92. The summed E-state index contributed by atoms with van der Waals surface area (Å²) in [5.41, 5.74) is 4.68. The zero-order chi connectivity index (χ0) is 64.8. The standard InChI is InChI=1S/C68H86Cl2N10O10S2/c1-72-61-42-51(70)41-60-58(61)44-63(79-31-7-3-8-32-79)66(60)90-54-15-19-56(20-16-54)92(87,88)76-67(83)48-23-35-77(36-24-48)29-9-5-12-52(81)11-4-2-6-25-74-68(84)75-26-10-30-78-33-21-47(22-34-78)64(82)46-91(85,86)55-17-13-53(14-18-55)89-65-59-40-50(69)39-49(45-71)57(59)43-62(65)80-37-27-73-28-38-80/h13-20,39-42,47-48,62-63,65-66,73H,2-12,21-38,43-44,46H2,(H,76,83)(H2,74,75,84)/t62-,63-,65-,66-/m0/s1. The number of sulfone groups is 1. The molecule has 24 heteroatoms. The number of amides is 3. The fourth-order valence-electron chi connectivity index (χ4n) is 14.1. The molecule has 4 aliphatic heterocycles. The zero-order valence-electron chi connectivity index (χ0n) is 52.4. The maximum absolute atomic E-state index is 13.5. The molecule has 4 heterocycles. The Morgan fingerprint density at radius 1 is 0.630 bits per heavy atom. The lowest BCUT2D eigenvalue weighted by molar-refractivity contribution is -0.124. The number of Topliss-reactive ketones (excluding diaryl/α,β-unsaturated/α-hetero) is 2. The van der Waals surface area contributed by atoms with E-state index in [1.54, 1.807) is 36.4 Å². The van der Waals surface area contributed by atoms with Gasteiger partial charge in [-0.3, -0.25) is 24.2 Å². The Balaban J connectivity index is 0.536. The third-order valence-electron chi connectivity index (χ3n) is 19.3. The van der Waals surface area contributed by atoms with E-state index in [0.717, 1.165) is 126 Å². The summed E-state index contributed by atoms with van der Waals surface area (Å²) in [5.74, 6) is -0.945. The molecule has 3 amide bonds. The van der Waals surface area contributed by atoms with Gasteiger partial charge >= 0.3 is 6.03 Å². The Morgan fingerprint density at radius 3 is 1.77 bits per heavy atom. The van der Waals surface area contributed by atoms with Crippen LogP contribution in [-0.4, -0.2) is 169 Å². The molecule has 0 aromatic heterocycles. The predicted molar refractivity (Wildman–Crippen MR) is 352 cm³/mol. The number of nitrogens with zero attached hydrogens (tertiary/aromatic N) is 6. The van der Waals surface area contributed by atoms with Gasteiger partial charge in [0, 0.05) is 74.0 Å². The van der Waals surface area contributed by atoms with Crippen LogP contribution in [0.25, 0.3) is 4.85 Å². The highest BCUT2D eigenvalue weighted by Gasteiger charge is 2.42. The molecule has 20 nitrogen and oxygen atoms in total. The van der Waals surface area contributed by atoms with E-state index in [0.29, 0.717) is 123 Å². The SMILES string of the molecule is [C-]#[N+]c1cc(Cl)cc2c1C[C@H](N1CCCCC1)[C@H]2Oc1ccc(S(=O)(=O)NC(=O)C2CCN(CCCCC(=O)CCCCCNC(=O)NCCCN3CCC(C(=O)CS(=O)(=O)c4ccc(O[C@H]5c6cc(Cl)cc(C#N)c6C[C@@H]5N5CCNCC5)cc4)CC3)CC2)cc1. The summed E-state index contributed by atoms with van der Waals surface area (Å²) in [4.78, 5) is 64.8. The first-order chi connectivity index (χ1) is 44.4. The molecule has 4 aromatic rings. The monoisotopic (exact) mass is 1340 g/mol. The number of rotatable bonds is 28. The number of carbonyl (C=O) groups is 4. The van der Waals surface area contributed by atoms with Gasteiger partial charge in [-0.2, -0.15) is 5.26 Å². The van der Waals surface area contributed by atoms with Crippen molar-refractivity contribution in [3.63, 3.8) is 0 Å². The number of urea groups is 1. The highest BCUT2D eigenvalue weighted by Crippen LogP contribution is 2.45. The van der Waals surface area contributed by atoms with Gasteiger partial charge in [-0.25, -0.2) is 31.2 Å². The van der Waals surface area contributed by atoms with Crippen molar-refractivity contribution >= 4 is 72.3 Å². The van der Waals surface area contributed by atoms with Gasteiger partial charge in [0.05, 0.1) is 40.1 Å². The smallest absolute Gasteiger partial charge is 0.314 e. The molecule has 6 aliphatic rings. The maximum Gasteiger partial charge on any atom is 0.314 e. The van der Waals surface area contributed by atoms with Crippen molar-refractivity contribution in [2.75, 3.05) is 97.4 Å². The van der Waals surface area contributed by atoms with Gasteiger partial charge in [0.15, 0.2) is 21.3 Å². The van der Waals surface area contributed by atoms with E-state index in [1.165, 1.54) is 30.7 Å².